The van der Waals surface area contributed by atoms with Gasteiger partial charge in [0.15, 0.2) is 5.75 Å². The Bertz CT molecular complexity index is 570. The van der Waals surface area contributed by atoms with E-state index < -0.39 is 5.97 Å². The van der Waals surface area contributed by atoms with E-state index in [-0.39, 0.29) is 11.3 Å². The van der Waals surface area contributed by atoms with Gasteiger partial charge in [-0.15, -0.1) is 0 Å². The quantitative estimate of drug-likeness (QED) is 0.801. The predicted molar refractivity (Wildman–Crippen MR) is 71.2 cm³/mol. The van der Waals surface area contributed by atoms with E-state index in [0.717, 1.165) is 5.69 Å². The number of para-hydroxylation sites is 1. The highest BCUT2D eigenvalue weighted by atomic mass is 16.5. The maximum atomic E-state index is 11.1. The molecule has 98 valence electrons. The lowest BCUT2D eigenvalue weighted by atomic mass is 10.1. The summed E-state index contributed by atoms with van der Waals surface area (Å²) in [5.74, 6) is -0.842. The molecule has 0 atom stereocenters. The van der Waals surface area contributed by atoms with E-state index >= 15 is 0 Å². The van der Waals surface area contributed by atoms with Crippen LogP contribution in [0.25, 0.3) is 0 Å². The van der Waals surface area contributed by atoms with Crippen molar-refractivity contribution in [2.45, 2.75) is 6.42 Å². The standard InChI is InChI=1S/C14H14N2O3/c15-12-6-3-5-11(14(17)18)13(12)19-9-7-10-4-1-2-8-16-10/h1-6,8H,7,9,15H2,(H,17,18). The first-order chi connectivity index (χ1) is 9.18. The number of rotatable bonds is 5. The fourth-order valence-corrected chi connectivity index (χ4v) is 1.69. The van der Waals surface area contributed by atoms with Crippen molar-refractivity contribution in [2.24, 2.45) is 0 Å². The first kappa shape index (κ1) is 12.9. The number of nitrogens with zero attached hydrogens (tertiary/aromatic N) is 1. The monoisotopic (exact) mass is 258 g/mol. The summed E-state index contributed by atoms with van der Waals surface area (Å²) < 4.78 is 5.49. The van der Waals surface area contributed by atoms with Gasteiger partial charge in [-0.25, -0.2) is 4.79 Å². The zero-order valence-corrected chi connectivity index (χ0v) is 10.2. The Morgan fingerprint density at radius 2 is 2.11 bits per heavy atom. The van der Waals surface area contributed by atoms with Crippen LogP contribution in [0.4, 0.5) is 5.69 Å². The molecule has 0 aliphatic carbocycles. The molecule has 0 bridgehead atoms. The number of aromatic nitrogens is 1. The number of anilines is 1. The van der Waals surface area contributed by atoms with Crippen LogP contribution in [0, 0.1) is 0 Å². The van der Waals surface area contributed by atoms with Gasteiger partial charge in [0.25, 0.3) is 0 Å². The van der Waals surface area contributed by atoms with Crippen LogP contribution in [0.15, 0.2) is 42.6 Å². The maximum Gasteiger partial charge on any atom is 0.339 e. The average molecular weight is 258 g/mol. The van der Waals surface area contributed by atoms with Crippen molar-refractivity contribution in [1.82, 2.24) is 4.98 Å². The van der Waals surface area contributed by atoms with Crippen LogP contribution in [0.3, 0.4) is 0 Å². The van der Waals surface area contributed by atoms with Crippen LogP contribution < -0.4 is 10.5 Å². The van der Waals surface area contributed by atoms with Gasteiger partial charge in [0.1, 0.15) is 5.56 Å². The van der Waals surface area contributed by atoms with E-state index in [4.69, 9.17) is 15.6 Å². The molecule has 5 nitrogen and oxygen atoms in total. The van der Waals surface area contributed by atoms with Gasteiger partial charge in [-0.3, -0.25) is 4.98 Å². The minimum absolute atomic E-state index is 0.0704. The molecule has 2 rings (SSSR count). The molecule has 3 N–H and O–H groups in total. The van der Waals surface area contributed by atoms with Crippen LogP contribution >= 0.6 is 0 Å². The summed E-state index contributed by atoms with van der Waals surface area (Å²) in [6, 6.07) is 10.3. The highest BCUT2D eigenvalue weighted by molar-refractivity contribution is 5.93. The number of carboxylic acid groups (broad SMARTS) is 1. The highest BCUT2D eigenvalue weighted by Gasteiger charge is 2.13. The number of pyridine rings is 1. The molecule has 0 unspecified atom stereocenters. The number of ether oxygens (including phenoxy) is 1. The van der Waals surface area contributed by atoms with Crippen LogP contribution in [-0.2, 0) is 6.42 Å². The molecule has 0 fully saturated rings. The van der Waals surface area contributed by atoms with Gasteiger partial charge >= 0.3 is 5.97 Å². The van der Waals surface area contributed by atoms with Crippen molar-refractivity contribution in [3.8, 4) is 5.75 Å². The van der Waals surface area contributed by atoms with Crippen molar-refractivity contribution in [3.05, 3.63) is 53.9 Å². The second-order valence-electron chi connectivity index (χ2n) is 3.95. The van der Waals surface area contributed by atoms with E-state index in [1.165, 1.54) is 6.07 Å². The van der Waals surface area contributed by atoms with Gasteiger partial charge in [-0.1, -0.05) is 12.1 Å². The van der Waals surface area contributed by atoms with Gasteiger partial charge < -0.3 is 15.6 Å². The Kier molecular flexibility index (Phi) is 3.97. The summed E-state index contributed by atoms with van der Waals surface area (Å²) in [6.07, 6.45) is 2.29. The number of carbonyl (C=O) groups is 1. The van der Waals surface area contributed by atoms with Gasteiger partial charge in [0.05, 0.1) is 12.3 Å². The van der Waals surface area contributed by atoms with Crippen molar-refractivity contribution in [1.29, 1.82) is 0 Å². The van der Waals surface area contributed by atoms with E-state index in [9.17, 15) is 4.79 Å². The third-order valence-electron chi connectivity index (χ3n) is 2.61. The Balaban J connectivity index is 2.05. The van der Waals surface area contributed by atoms with Crippen molar-refractivity contribution in [3.63, 3.8) is 0 Å². The molecule has 1 aromatic carbocycles. The maximum absolute atomic E-state index is 11.1. The minimum Gasteiger partial charge on any atom is -0.490 e. The molecule has 5 heteroatoms. The molecule has 0 aliphatic rings. The van der Waals surface area contributed by atoms with E-state index in [1.807, 2.05) is 18.2 Å². The van der Waals surface area contributed by atoms with Crippen molar-refractivity contribution >= 4 is 11.7 Å². The summed E-state index contributed by atoms with van der Waals surface area (Å²) in [7, 11) is 0. The average Bonchev–Trinajstić information content (AvgIpc) is 2.41. The molecule has 19 heavy (non-hydrogen) atoms. The number of hydrogen-bond donors (Lipinski definition) is 2. The summed E-state index contributed by atoms with van der Waals surface area (Å²) in [6.45, 7) is 0.325. The van der Waals surface area contributed by atoms with Crippen LogP contribution in [0.1, 0.15) is 16.1 Å². The number of carboxylic acids is 1. The molecule has 0 radical (unpaired) electrons. The summed E-state index contributed by atoms with van der Waals surface area (Å²) in [4.78, 5) is 15.2. The third-order valence-corrected chi connectivity index (χ3v) is 2.61. The third kappa shape index (κ3) is 3.22. The van der Waals surface area contributed by atoms with Crippen LogP contribution in [-0.4, -0.2) is 22.7 Å². The Morgan fingerprint density at radius 1 is 1.26 bits per heavy atom. The van der Waals surface area contributed by atoms with Crippen LogP contribution in [0.5, 0.6) is 5.75 Å². The molecule has 1 heterocycles. The Hall–Kier alpha value is -2.56. The van der Waals surface area contributed by atoms with Gasteiger partial charge in [-0.2, -0.15) is 0 Å². The topological polar surface area (TPSA) is 85.4 Å². The van der Waals surface area contributed by atoms with E-state index in [0.29, 0.717) is 18.7 Å². The summed E-state index contributed by atoms with van der Waals surface area (Å²) >= 11 is 0. The lowest BCUT2D eigenvalue weighted by Gasteiger charge is -2.11. The van der Waals surface area contributed by atoms with Crippen molar-refractivity contribution in [2.75, 3.05) is 12.3 Å². The Labute approximate surface area is 110 Å². The number of nitrogen functional groups attached to an aromatic ring is 1. The molecule has 1 aromatic heterocycles. The predicted octanol–water partition coefficient (Wildman–Crippen LogP) is 1.98. The molecular formula is C14H14N2O3. The molecule has 2 aromatic rings. The molecule has 0 aliphatic heterocycles. The van der Waals surface area contributed by atoms with Crippen LogP contribution in [0.2, 0.25) is 0 Å². The SMILES string of the molecule is Nc1cccc(C(=O)O)c1OCCc1ccccn1. The first-order valence-electron chi connectivity index (χ1n) is 5.83. The Morgan fingerprint density at radius 3 is 2.79 bits per heavy atom. The fourth-order valence-electron chi connectivity index (χ4n) is 1.69. The molecule has 0 saturated carbocycles. The smallest absolute Gasteiger partial charge is 0.339 e. The van der Waals surface area contributed by atoms with Gasteiger partial charge in [-0.05, 0) is 24.3 Å². The number of hydrogen-bond acceptors (Lipinski definition) is 4. The molecule has 0 saturated heterocycles. The minimum atomic E-state index is -1.06. The number of benzene rings is 1. The van der Waals surface area contributed by atoms with Gasteiger partial charge in [0.2, 0.25) is 0 Å². The normalized spacial score (nSPS) is 10.1. The van der Waals surface area contributed by atoms with Gasteiger partial charge in [0, 0.05) is 18.3 Å². The zero-order chi connectivity index (χ0) is 13.7. The zero-order valence-electron chi connectivity index (χ0n) is 10.2. The van der Waals surface area contributed by atoms with E-state index in [2.05, 4.69) is 4.98 Å². The fraction of sp³-hybridized carbons (Fsp3) is 0.143. The second kappa shape index (κ2) is 5.86. The lowest BCUT2D eigenvalue weighted by Crippen LogP contribution is -2.09. The second-order valence-corrected chi connectivity index (χ2v) is 3.95. The van der Waals surface area contributed by atoms with E-state index in [1.54, 1.807) is 18.3 Å². The molecular weight excluding hydrogens is 244 g/mol. The summed E-state index contributed by atoms with van der Waals surface area (Å²) in [5, 5.41) is 9.06. The summed E-state index contributed by atoms with van der Waals surface area (Å²) in [5.41, 5.74) is 7.01. The molecule has 0 amide bonds. The molecule has 0 spiro atoms. The number of nitrogens with two attached hydrogens (primary N) is 1. The first-order valence-corrected chi connectivity index (χ1v) is 5.83. The largest absolute Gasteiger partial charge is 0.490 e. The van der Waals surface area contributed by atoms with Crippen molar-refractivity contribution < 1.29 is 14.6 Å². The highest BCUT2D eigenvalue weighted by Crippen LogP contribution is 2.26. The number of aromatic carboxylic acids is 1. The lowest BCUT2D eigenvalue weighted by molar-refractivity contribution is 0.0692.